The summed E-state index contributed by atoms with van der Waals surface area (Å²) in [5, 5.41) is 4.13. The number of aromatic nitrogens is 1. The molecular formula is C26H24N2O3S. The first-order valence-corrected chi connectivity index (χ1v) is 11.6. The number of nitrogens with one attached hydrogen (secondary N) is 1. The number of para-hydroxylation sites is 1. The topological polar surface area (TPSA) is 52.5 Å². The van der Waals surface area contributed by atoms with Gasteiger partial charge >= 0.3 is 0 Å². The van der Waals surface area contributed by atoms with Crippen molar-refractivity contribution in [3.8, 4) is 11.5 Å². The molecule has 0 fully saturated rings. The van der Waals surface area contributed by atoms with Crippen molar-refractivity contribution in [2.75, 3.05) is 24.3 Å². The van der Waals surface area contributed by atoms with Gasteiger partial charge in [-0.1, -0.05) is 42.5 Å². The fraction of sp³-hybridized carbons (Fsp3) is 0.192. The fourth-order valence-corrected chi connectivity index (χ4v) is 4.78. The van der Waals surface area contributed by atoms with Crippen LogP contribution in [0.25, 0.3) is 10.9 Å². The van der Waals surface area contributed by atoms with Crippen LogP contribution in [-0.4, -0.2) is 29.4 Å². The van der Waals surface area contributed by atoms with Crippen molar-refractivity contribution >= 4 is 34.3 Å². The quantitative estimate of drug-likeness (QED) is 0.399. The molecule has 162 valence electrons. The zero-order valence-corrected chi connectivity index (χ0v) is 18.7. The van der Waals surface area contributed by atoms with E-state index in [4.69, 9.17) is 9.47 Å². The molecule has 1 N–H and O–H groups in total. The van der Waals surface area contributed by atoms with Crippen LogP contribution in [0, 0.1) is 6.92 Å². The highest BCUT2D eigenvalue weighted by Crippen LogP contribution is 2.33. The van der Waals surface area contributed by atoms with E-state index in [9.17, 15) is 4.79 Å². The van der Waals surface area contributed by atoms with Crippen molar-refractivity contribution in [3.05, 3.63) is 84.1 Å². The Balaban J connectivity index is 1.30. The minimum atomic E-state index is -0.0533. The second-order valence-corrected chi connectivity index (χ2v) is 8.78. The summed E-state index contributed by atoms with van der Waals surface area (Å²) in [5.74, 6) is 1.65. The van der Waals surface area contributed by atoms with E-state index in [0.29, 0.717) is 36.2 Å². The lowest BCUT2D eigenvalue weighted by Gasteiger charge is -2.19. The van der Waals surface area contributed by atoms with E-state index in [1.807, 2.05) is 24.3 Å². The SMILES string of the molecule is Cc1ccccc1Cn1cc(SCC(=O)Nc2ccc3c(c2)OCCO3)c2ccccc21. The Labute approximate surface area is 191 Å². The monoisotopic (exact) mass is 444 g/mol. The highest BCUT2D eigenvalue weighted by Gasteiger charge is 2.14. The molecule has 0 bridgehead atoms. The van der Waals surface area contributed by atoms with Crippen LogP contribution >= 0.6 is 11.8 Å². The van der Waals surface area contributed by atoms with Gasteiger partial charge in [-0.25, -0.2) is 0 Å². The summed E-state index contributed by atoms with van der Waals surface area (Å²) in [6.45, 7) is 4.01. The van der Waals surface area contributed by atoms with E-state index in [1.165, 1.54) is 22.0 Å². The van der Waals surface area contributed by atoms with Gasteiger partial charge in [0, 0.05) is 40.3 Å². The molecule has 0 radical (unpaired) electrons. The van der Waals surface area contributed by atoms with Gasteiger partial charge in [-0.3, -0.25) is 4.79 Å². The molecule has 6 heteroatoms. The molecule has 1 aliphatic heterocycles. The number of hydrogen-bond acceptors (Lipinski definition) is 4. The van der Waals surface area contributed by atoms with Crippen LogP contribution in [0.2, 0.25) is 0 Å². The zero-order chi connectivity index (χ0) is 21.9. The van der Waals surface area contributed by atoms with Crippen LogP contribution in [0.15, 0.2) is 77.8 Å². The smallest absolute Gasteiger partial charge is 0.234 e. The summed E-state index contributed by atoms with van der Waals surface area (Å²) in [6.07, 6.45) is 2.15. The third-order valence-corrected chi connectivity index (χ3v) is 6.58. The van der Waals surface area contributed by atoms with Gasteiger partial charge in [0.05, 0.1) is 5.75 Å². The maximum Gasteiger partial charge on any atom is 0.234 e. The Hall–Kier alpha value is -3.38. The lowest BCUT2D eigenvalue weighted by molar-refractivity contribution is -0.113. The Morgan fingerprint density at radius 1 is 1.00 bits per heavy atom. The average molecular weight is 445 g/mol. The molecule has 2 heterocycles. The first-order valence-electron chi connectivity index (χ1n) is 10.6. The maximum absolute atomic E-state index is 12.6. The number of rotatable bonds is 6. The predicted molar refractivity (Wildman–Crippen MR) is 129 cm³/mol. The first-order chi connectivity index (χ1) is 15.7. The number of benzene rings is 3. The minimum Gasteiger partial charge on any atom is -0.486 e. The number of ether oxygens (including phenoxy) is 2. The maximum atomic E-state index is 12.6. The normalized spacial score (nSPS) is 12.7. The Bertz CT molecular complexity index is 1280. The van der Waals surface area contributed by atoms with E-state index in [0.717, 1.165) is 11.4 Å². The Morgan fingerprint density at radius 2 is 1.78 bits per heavy atom. The lowest BCUT2D eigenvalue weighted by atomic mass is 10.1. The van der Waals surface area contributed by atoms with E-state index in [-0.39, 0.29) is 5.91 Å². The molecule has 5 nitrogen and oxygen atoms in total. The summed E-state index contributed by atoms with van der Waals surface area (Å²) < 4.78 is 13.4. The molecule has 3 aromatic carbocycles. The van der Waals surface area contributed by atoms with Crippen molar-refractivity contribution in [2.45, 2.75) is 18.4 Å². The summed E-state index contributed by atoms with van der Waals surface area (Å²) >= 11 is 1.55. The van der Waals surface area contributed by atoms with Crippen LogP contribution in [0.5, 0.6) is 11.5 Å². The van der Waals surface area contributed by atoms with Gasteiger partial charge in [0.15, 0.2) is 11.5 Å². The van der Waals surface area contributed by atoms with Gasteiger partial charge in [-0.05, 0) is 36.2 Å². The molecule has 32 heavy (non-hydrogen) atoms. The van der Waals surface area contributed by atoms with Gasteiger partial charge in [0.2, 0.25) is 5.91 Å². The van der Waals surface area contributed by atoms with Crippen molar-refractivity contribution in [1.29, 1.82) is 0 Å². The highest BCUT2D eigenvalue weighted by atomic mass is 32.2. The van der Waals surface area contributed by atoms with Crippen LogP contribution in [0.4, 0.5) is 5.69 Å². The summed E-state index contributed by atoms with van der Waals surface area (Å²) in [6, 6.07) is 22.3. The molecule has 0 aliphatic carbocycles. The van der Waals surface area contributed by atoms with Crippen molar-refractivity contribution in [3.63, 3.8) is 0 Å². The third-order valence-electron chi connectivity index (χ3n) is 5.54. The number of thioether (sulfide) groups is 1. The average Bonchev–Trinajstić information content (AvgIpc) is 3.17. The largest absolute Gasteiger partial charge is 0.486 e. The molecule has 1 amide bonds. The molecule has 4 aromatic rings. The van der Waals surface area contributed by atoms with Crippen molar-refractivity contribution in [1.82, 2.24) is 4.57 Å². The van der Waals surface area contributed by atoms with E-state index >= 15 is 0 Å². The van der Waals surface area contributed by atoms with Crippen LogP contribution in [-0.2, 0) is 11.3 Å². The number of carbonyl (C=O) groups excluding carboxylic acids is 1. The number of carbonyl (C=O) groups is 1. The second-order valence-electron chi connectivity index (χ2n) is 7.76. The number of fused-ring (bicyclic) bond motifs is 2. The number of aryl methyl sites for hydroxylation is 1. The van der Waals surface area contributed by atoms with Crippen LogP contribution in [0.3, 0.4) is 0 Å². The van der Waals surface area contributed by atoms with Gasteiger partial charge in [-0.2, -0.15) is 0 Å². The number of hydrogen-bond donors (Lipinski definition) is 1. The summed E-state index contributed by atoms with van der Waals surface area (Å²) in [5.41, 5.74) is 4.45. The van der Waals surface area contributed by atoms with E-state index in [1.54, 1.807) is 11.8 Å². The van der Waals surface area contributed by atoms with Crippen LogP contribution in [0.1, 0.15) is 11.1 Å². The van der Waals surface area contributed by atoms with E-state index in [2.05, 4.69) is 65.5 Å². The minimum absolute atomic E-state index is 0.0533. The predicted octanol–water partition coefficient (Wildman–Crippen LogP) is 5.50. The van der Waals surface area contributed by atoms with Gasteiger partial charge in [0.25, 0.3) is 0 Å². The molecule has 5 rings (SSSR count). The Morgan fingerprint density at radius 3 is 2.66 bits per heavy atom. The highest BCUT2D eigenvalue weighted by molar-refractivity contribution is 8.00. The number of amides is 1. The second kappa shape index (κ2) is 9.01. The standard InChI is InChI=1S/C26H24N2O3S/c1-18-6-2-3-7-19(18)15-28-16-25(21-8-4-5-9-22(21)28)32-17-26(29)27-20-10-11-23-24(14-20)31-13-12-30-23/h2-11,14,16H,12-13,15,17H2,1H3,(H,27,29). The zero-order valence-electron chi connectivity index (χ0n) is 17.8. The molecule has 1 aromatic heterocycles. The summed E-state index contributed by atoms with van der Waals surface area (Å²) in [4.78, 5) is 13.7. The molecule has 0 saturated heterocycles. The lowest BCUT2D eigenvalue weighted by Crippen LogP contribution is -2.17. The molecule has 0 spiro atoms. The third kappa shape index (κ3) is 4.32. The molecular weight excluding hydrogens is 420 g/mol. The number of anilines is 1. The molecule has 0 unspecified atom stereocenters. The van der Waals surface area contributed by atoms with Crippen molar-refractivity contribution in [2.24, 2.45) is 0 Å². The van der Waals surface area contributed by atoms with Crippen LogP contribution < -0.4 is 14.8 Å². The molecule has 1 aliphatic rings. The fourth-order valence-electron chi connectivity index (χ4n) is 3.89. The van der Waals surface area contributed by atoms with E-state index < -0.39 is 0 Å². The molecule has 0 atom stereocenters. The van der Waals surface area contributed by atoms with Gasteiger partial charge in [0.1, 0.15) is 13.2 Å². The Kier molecular flexibility index (Phi) is 5.77. The first kappa shape index (κ1) is 20.5. The number of nitrogens with zero attached hydrogens (tertiary/aromatic N) is 1. The summed E-state index contributed by atoms with van der Waals surface area (Å²) in [7, 11) is 0. The van der Waals surface area contributed by atoms with Crippen molar-refractivity contribution < 1.29 is 14.3 Å². The van der Waals surface area contributed by atoms with Gasteiger partial charge in [-0.15, -0.1) is 11.8 Å². The van der Waals surface area contributed by atoms with Gasteiger partial charge < -0.3 is 19.4 Å². The molecule has 0 saturated carbocycles.